The first-order chi connectivity index (χ1) is 7.83. The van der Waals surface area contributed by atoms with Crippen LogP contribution in [0.2, 0.25) is 0 Å². The Morgan fingerprint density at radius 2 is 2.06 bits per heavy atom. The molecule has 0 aliphatic carbocycles. The number of hydrogen-bond acceptors (Lipinski definition) is 3. The van der Waals surface area contributed by atoms with E-state index < -0.39 is 0 Å². The van der Waals surface area contributed by atoms with Crippen molar-refractivity contribution in [2.45, 2.75) is 26.3 Å². The zero-order valence-electron chi connectivity index (χ0n) is 11.0. The van der Waals surface area contributed by atoms with Crippen LogP contribution in [0.25, 0.3) is 0 Å². The number of nitrogens with zero attached hydrogens (tertiary/aromatic N) is 1. The summed E-state index contributed by atoms with van der Waals surface area (Å²) in [6, 6.07) is 4.95. The molecule has 1 rings (SSSR count). The molecule has 0 saturated heterocycles. The Morgan fingerprint density at radius 1 is 1.41 bits per heavy atom. The molecule has 0 aliphatic heterocycles. The van der Waals surface area contributed by atoms with Gasteiger partial charge in [-0.1, -0.05) is 0 Å². The summed E-state index contributed by atoms with van der Waals surface area (Å²) >= 11 is 0. The minimum absolute atomic E-state index is 0.289. The quantitative estimate of drug-likeness (QED) is 0.859. The molecule has 0 radical (unpaired) electrons. The van der Waals surface area contributed by atoms with Crippen LogP contribution in [0.15, 0.2) is 18.2 Å². The summed E-state index contributed by atoms with van der Waals surface area (Å²) in [5.41, 5.74) is 6.41. The minimum Gasteiger partial charge on any atom is -0.491 e. The fourth-order valence-corrected chi connectivity index (χ4v) is 1.70. The summed E-state index contributed by atoms with van der Waals surface area (Å²) in [7, 11) is 1.89. The van der Waals surface area contributed by atoms with Gasteiger partial charge in [0.2, 0.25) is 0 Å². The van der Waals surface area contributed by atoms with Crippen LogP contribution in [0.3, 0.4) is 0 Å². The van der Waals surface area contributed by atoms with Gasteiger partial charge in [0.1, 0.15) is 0 Å². The van der Waals surface area contributed by atoms with Crippen molar-refractivity contribution in [1.29, 1.82) is 0 Å². The second kappa shape index (κ2) is 5.36. The first-order valence-electron chi connectivity index (χ1n) is 5.76. The lowest BCUT2D eigenvalue weighted by atomic mass is 10.1. The second-order valence-electron chi connectivity index (χ2n) is 4.89. The van der Waals surface area contributed by atoms with E-state index in [9.17, 15) is 4.39 Å². The van der Waals surface area contributed by atoms with Gasteiger partial charge in [0.15, 0.2) is 11.6 Å². The molecular formula is C13H21FN2O. The highest BCUT2D eigenvalue weighted by Gasteiger charge is 2.15. The van der Waals surface area contributed by atoms with E-state index in [1.54, 1.807) is 6.07 Å². The SMILES string of the molecule is CCOc1ccc(N(C)CC(C)(C)N)cc1F. The maximum atomic E-state index is 13.6. The van der Waals surface area contributed by atoms with Gasteiger partial charge in [0.25, 0.3) is 0 Å². The molecule has 0 aromatic heterocycles. The largest absolute Gasteiger partial charge is 0.491 e. The van der Waals surface area contributed by atoms with Gasteiger partial charge in [0, 0.05) is 30.9 Å². The molecule has 0 saturated carbocycles. The van der Waals surface area contributed by atoms with Gasteiger partial charge in [-0.15, -0.1) is 0 Å². The molecule has 0 fully saturated rings. The highest BCUT2D eigenvalue weighted by Crippen LogP contribution is 2.23. The van der Waals surface area contributed by atoms with Crippen LogP contribution in [0.1, 0.15) is 20.8 Å². The van der Waals surface area contributed by atoms with Crippen molar-refractivity contribution in [1.82, 2.24) is 0 Å². The summed E-state index contributed by atoms with van der Waals surface area (Å²) in [5.74, 6) is -0.0531. The summed E-state index contributed by atoms with van der Waals surface area (Å²) in [5, 5.41) is 0. The molecule has 96 valence electrons. The van der Waals surface area contributed by atoms with Crippen molar-refractivity contribution >= 4 is 5.69 Å². The van der Waals surface area contributed by atoms with Crippen LogP contribution in [0, 0.1) is 5.82 Å². The highest BCUT2D eigenvalue weighted by atomic mass is 19.1. The molecule has 2 N–H and O–H groups in total. The van der Waals surface area contributed by atoms with E-state index in [4.69, 9.17) is 10.5 Å². The second-order valence-corrected chi connectivity index (χ2v) is 4.89. The molecule has 0 unspecified atom stereocenters. The summed E-state index contributed by atoms with van der Waals surface area (Å²) in [6.07, 6.45) is 0. The van der Waals surface area contributed by atoms with Gasteiger partial charge in [-0.3, -0.25) is 0 Å². The van der Waals surface area contributed by atoms with Crippen molar-refractivity contribution in [2.75, 3.05) is 25.1 Å². The highest BCUT2D eigenvalue weighted by molar-refractivity contribution is 5.49. The molecule has 0 heterocycles. The first kappa shape index (κ1) is 13.8. The number of benzene rings is 1. The number of likely N-dealkylation sites (N-methyl/N-ethyl adjacent to an activating group) is 1. The van der Waals surface area contributed by atoms with Crippen molar-refractivity contribution < 1.29 is 9.13 Å². The Hall–Kier alpha value is -1.29. The molecule has 0 atom stereocenters. The monoisotopic (exact) mass is 240 g/mol. The Balaban J connectivity index is 2.82. The molecule has 3 nitrogen and oxygen atoms in total. The minimum atomic E-state index is -0.342. The lowest BCUT2D eigenvalue weighted by molar-refractivity contribution is 0.321. The molecule has 17 heavy (non-hydrogen) atoms. The summed E-state index contributed by atoms with van der Waals surface area (Å²) < 4.78 is 18.8. The third-order valence-corrected chi connectivity index (χ3v) is 2.30. The van der Waals surface area contributed by atoms with Crippen molar-refractivity contribution in [3.8, 4) is 5.75 Å². The van der Waals surface area contributed by atoms with Crippen LogP contribution in [0.5, 0.6) is 5.75 Å². The lowest BCUT2D eigenvalue weighted by Gasteiger charge is -2.28. The molecular weight excluding hydrogens is 219 g/mol. The van der Waals surface area contributed by atoms with E-state index in [0.717, 1.165) is 5.69 Å². The third kappa shape index (κ3) is 4.23. The van der Waals surface area contributed by atoms with Gasteiger partial charge in [0.05, 0.1) is 6.61 Å². The topological polar surface area (TPSA) is 38.5 Å². The summed E-state index contributed by atoms with van der Waals surface area (Å²) in [6.45, 7) is 6.82. The standard InChI is InChI=1S/C13H21FN2O/c1-5-17-12-7-6-10(8-11(12)14)16(4)9-13(2,3)15/h6-8H,5,9,15H2,1-4H3. The van der Waals surface area contributed by atoms with Crippen LogP contribution >= 0.6 is 0 Å². The van der Waals surface area contributed by atoms with E-state index in [2.05, 4.69) is 0 Å². The first-order valence-corrected chi connectivity index (χ1v) is 5.76. The zero-order chi connectivity index (χ0) is 13.1. The van der Waals surface area contributed by atoms with E-state index in [-0.39, 0.29) is 17.1 Å². The van der Waals surface area contributed by atoms with Crippen LogP contribution in [-0.2, 0) is 0 Å². The average molecular weight is 240 g/mol. The van der Waals surface area contributed by atoms with Gasteiger partial charge in [-0.05, 0) is 32.9 Å². The summed E-state index contributed by atoms with van der Waals surface area (Å²) in [4.78, 5) is 1.93. The Morgan fingerprint density at radius 3 is 2.53 bits per heavy atom. The van der Waals surface area contributed by atoms with Crippen molar-refractivity contribution in [2.24, 2.45) is 5.73 Å². The van der Waals surface area contributed by atoms with E-state index in [0.29, 0.717) is 13.2 Å². The van der Waals surface area contributed by atoms with Crippen LogP contribution in [0.4, 0.5) is 10.1 Å². The zero-order valence-corrected chi connectivity index (χ0v) is 11.0. The molecule has 1 aromatic rings. The molecule has 0 bridgehead atoms. The Labute approximate surface area is 102 Å². The number of halogens is 1. The molecule has 0 amide bonds. The number of anilines is 1. The van der Waals surface area contributed by atoms with Crippen molar-refractivity contribution in [3.05, 3.63) is 24.0 Å². The predicted octanol–water partition coefficient (Wildman–Crippen LogP) is 2.40. The van der Waals surface area contributed by atoms with Gasteiger partial charge < -0.3 is 15.4 Å². The van der Waals surface area contributed by atoms with Crippen molar-refractivity contribution in [3.63, 3.8) is 0 Å². The number of hydrogen-bond donors (Lipinski definition) is 1. The number of nitrogens with two attached hydrogens (primary N) is 1. The van der Waals surface area contributed by atoms with Gasteiger partial charge in [-0.2, -0.15) is 0 Å². The van der Waals surface area contributed by atoms with E-state index in [1.165, 1.54) is 6.07 Å². The molecule has 4 heteroatoms. The normalized spacial score (nSPS) is 11.4. The molecule has 0 spiro atoms. The lowest BCUT2D eigenvalue weighted by Crippen LogP contribution is -2.44. The molecule has 1 aromatic carbocycles. The third-order valence-electron chi connectivity index (χ3n) is 2.30. The molecule has 0 aliphatic rings. The fraction of sp³-hybridized carbons (Fsp3) is 0.538. The number of rotatable bonds is 5. The van der Waals surface area contributed by atoms with Crippen LogP contribution < -0.4 is 15.4 Å². The predicted molar refractivity (Wildman–Crippen MR) is 69.1 cm³/mol. The van der Waals surface area contributed by atoms with Gasteiger partial charge in [-0.25, -0.2) is 4.39 Å². The van der Waals surface area contributed by atoms with E-state index in [1.807, 2.05) is 38.8 Å². The Bertz CT molecular complexity index is 374. The van der Waals surface area contributed by atoms with Gasteiger partial charge >= 0.3 is 0 Å². The Kier molecular flexibility index (Phi) is 4.34. The maximum Gasteiger partial charge on any atom is 0.167 e. The smallest absolute Gasteiger partial charge is 0.167 e. The van der Waals surface area contributed by atoms with Crippen LogP contribution in [-0.4, -0.2) is 25.7 Å². The van der Waals surface area contributed by atoms with E-state index >= 15 is 0 Å². The fourth-order valence-electron chi connectivity index (χ4n) is 1.70. The maximum absolute atomic E-state index is 13.6. The average Bonchev–Trinajstić information content (AvgIpc) is 2.18. The number of ether oxygens (including phenoxy) is 1.